The van der Waals surface area contributed by atoms with Crippen LogP contribution < -0.4 is 9.62 Å². The van der Waals surface area contributed by atoms with Gasteiger partial charge in [0.05, 0.1) is 15.7 Å². The van der Waals surface area contributed by atoms with E-state index < -0.39 is 10.0 Å². The number of benzene rings is 1. The van der Waals surface area contributed by atoms with Crippen LogP contribution in [0.2, 0.25) is 10.0 Å². The predicted molar refractivity (Wildman–Crippen MR) is 135 cm³/mol. The summed E-state index contributed by atoms with van der Waals surface area (Å²) >= 11 is 12.8. The monoisotopic (exact) mass is 510 g/mol. The highest BCUT2D eigenvalue weighted by Crippen LogP contribution is 2.35. The Morgan fingerprint density at radius 3 is 2.42 bits per heavy atom. The molecule has 1 aromatic heterocycles. The highest BCUT2D eigenvalue weighted by Gasteiger charge is 2.27. The molecule has 180 valence electrons. The molecule has 2 heterocycles. The van der Waals surface area contributed by atoms with Gasteiger partial charge in [-0.3, -0.25) is 9.88 Å². The second-order valence-corrected chi connectivity index (χ2v) is 11.6. The Kier molecular flexibility index (Phi) is 8.18. The summed E-state index contributed by atoms with van der Waals surface area (Å²) in [6.45, 7) is 6.99. The van der Waals surface area contributed by atoms with Crippen LogP contribution in [0.15, 0.2) is 41.6 Å². The van der Waals surface area contributed by atoms with Gasteiger partial charge in [0.15, 0.2) is 0 Å². The Morgan fingerprint density at radius 1 is 1.03 bits per heavy atom. The lowest BCUT2D eigenvalue weighted by Gasteiger charge is -2.37. The Morgan fingerprint density at radius 2 is 1.76 bits per heavy atom. The van der Waals surface area contributed by atoms with Crippen LogP contribution in [-0.4, -0.2) is 57.1 Å². The number of rotatable bonds is 7. The molecule has 1 saturated carbocycles. The number of aromatic nitrogens is 1. The largest absolute Gasteiger partial charge is 0.368 e. The zero-order valence-electron chi connectivity index (χ0n) is 19.0. The van der Waals surface area contributed by atoms with E-state index in [4.69, 9.17) is 23.2 Å². The molecule has 0 amide bonds. The van der Waals surface area contributed by atoms with Gasteiger partial charge in [-0.15, -0.1) is 0 Å². The highest BCUT2D eigenvalue weighted by atomic mass is 35.5. The van der Waals surface area contributed by atoms with E-state index in [0.29, 0.717) is 16.0 Å². The Labute approximate surface area is 207 Å². The maximum absolute atomic E-state index is 12.5. The van der Waals surface area contributed by atoms with Gasteiger partial charge < -0.3 is 4.90 Å². The number of nitrogens with one attached hydrogen (secondary N) is 1. The van der Waals surface area contributed by atoms with Crippen molar-refractivity contribution in [2.45, 2.75) is 50.0 Å². The number of aryl methyl sites for hydroxylation is 1. The number of halogens is 2. The molecular formula is C24H32Cl2N4O2S. The van der Waals surface area contributed by atoms with Crippen LogP contribution in [0.3, 0.4) is 0 Å². The number of sulfonamides is 1. The maximum Gasteiger partial charge on any atom is 0.242 e. The van der Waals surface area contributed by atoms with E-state index in [1.54, 1.807) is 18.3 Å². The maximum atomic E-state index is 12.5. The third-order valence-electron chi connectivity index (χ3n) is 6.93. The first-order chi connectivity index (χ1) is 15.8. The van der Waals surface area contributed by atoms with Crippen molar-refractivity contribution < 1.29 is 8.42 Å². The van der Waals surface area contributed by atoms with Crippen molar-refractivity contribution in [1.29, 1.82) is 0 Å². The minimum Gasteiger partial charge on any atom is -0.368 e. The second kappa shape index (κ2) is 10.9. The SMILES string of the molecule is Cc1ccc(N2CCN(CCC3CCC(NS(=O)(=O)c4cccnc4)CC3)CC2)c(Cl)c1Cl. The van der Waals surface area contributed by atoms with Crippen LogP contribution in [0.1, 0.15) is 37.7 Å². The summed E-state index contributed by atoms with van der Waals surface area (Å²) in [6.07, 6.45) is 8.07. The fourth-order valence-corrected chi connectivity index (χ4v) is 6.58. The molecule has 2 aliphatic rings. The molecule has 2 fully saturated rings. The molecule has 1 saturated heterocycles. The first-order valence-corrected chi connectivity index (χ1v) is 13.9. The van der Waals surface area contributed by atoms with Gasteiger partial charge >= 0.3 is 0 Å². The van der Waals surface area contributed by atoms with Gasteiger partial charge in [-0.2, -0.15) is 0 Å². The molecular weight excluding hydrogens is 479 g/mol. The third-order valence-corrected chi connectivity index (χ3v) is 9.41. The topological polar surface area (TPSA) is 65.5 Å². The number of anilines is 1. The molecule has 0 unspecified atom stereocenters. The molecule has 1 aliphatic heterocycles. The molecule has 1 aliphatic carbocycles. The van der Waals surface area contributed by atoms with Crippen molar-refractivity contribution in [3.8, 4) is 0 Å². The van der Waals surface area contributed by atoms with Crippen molar-refractivity contribution in [3.05, 3.63) is 52.3 Å². The highest BCUT2D eigenvalue weighted by molar-refractivity contribution is 7.89. The van der Waals surface area contributed by atoms with Crippen LogP contribution in [0, 0.1) is 12.8 Å². The van der Waals surface area contributed by atoms with Crippen LogP contribution >= 0.6 is 23.2 Å². The van der Waals surface area contributed by atoms with Crippen LogP contribution in [0.25, 0.3) is 0 Å². The quantitative estimate of drug-likeness (QED) is 0.582. The van der Waals surface area contributed by atoms with Crippen molar-refractivity contribution >= 4 is 38.9 Å². The zero-order chi connectivity index (χ0) is 23.4. The van der Waals surface area contributed by atoms with Crippen molar-refractivity contribution in [2.75, 3.05) is 37.6 Å². The van der Waals surface area contributed by atoms with E-state index in [0.717, 1.165) is 69.7 Å². The summed E-state index contributed by atoms with van der Waals surface area (Å²) in [7, 11) is -3.49. The number of hydrogen-bond acceptors (Lipinski definition) is 5. The fourth-order valence-electron chi connectivity index (χ4n) is 4.82. The summed E-state index contributed by atoms with van der Waals surface area (Å²) < 4.78 is 27.9. The Hall–Kier alpha value is -1.38. The fraction of sp³-hybridized carbons (Fsp3) is 0.542. The summed E-state index contributed by atoms with van der Waals surface area (Å²) in [4.78, 5) is 9.00. The molecule has 0 bridgehead atoms. The molecule has 6 nitrogen and oxygen atoms in total. The first-order valence-electron chi connectivity index (χ1n) is 11.7. The minimum atomic E-state index is -3.49. The molecule has 0 spiro atoms. The van der Waals surface area contributed by atoms with E-state index in [-0.39, 0.29) is 10.9 Å². The predicted octanol–water partition coefficient (Wildman–Crippen LogP) is 4.75. The average Bonchev–Trinajstić information content (AvgIpc) is 2.83. The van der Waals surface area contributed by atoms with Gasteiger partial charge in [-0.05, 0) is 75.3 Å². The van der Waals surface area contributed by atoms with Gasteiger partial charge in [-0.1, -0.05) is 29.3 Å². The lowest BCUT2D eigenvalue weighted by atomic mass is 9.84. The lowest BCUT2D eigenvalue weighted by molar-refractivity contribution is 0.214. The van der Waals surface area contributed by atoms with E-state index in [2.05, 4.69) is 25.6 Å². The summed E-state index contributed by atoms with van der Waals surface area (Å²) in [6, 6.07) is 7.35. The molecule has 2 aromatic rings. The number of piperazine rings is 1. The van der Waals surface area contributed by atoms with Gasteiger partial charge in [0.1, 0.15) is 4.90 Å². The van der Waals surface area contributed by atoms with Gasteiger partial charge in [0.2, 0.25) is 10.0 Å². The van der Waals surface area contributed by atoms with E-state index >= 15 is 0 Å². The standard InChI is InChI=1S/C24H32Cl2N4O2S/c1-18-4-9-22(24(26)23(18)25)30-15-13-29(14-16-30)12-10-19-5-7-20(8-6-19)28-33(31,32)21-3-2-11-27-17-21/h2-4,9,11,17,19-20,28H,5-8,10,12-16H2,1H3. The zero-order valence-corrected chi connectivity index (χ0v) is 21.3. The van der Waals surface area contributed by atoms with Crippen molar-refractivity contribution in [2.24, 2.45) is 5.92 Å². The van der Waals surface area contributed by atoms with Crippen molar-refractivity contribution in [1.82, 2.24) is 14.6 Å². The van der Waals surface area contributed by atoms with E-state index in [1.165, 1.54) is 12.6 Å². The molecule has 0 radical (unpaired) electrons. The Balaban J connectivity index is 1.19. The Bertz CT molecular complexity index is 1040. The second-order valence-electron chi connectivity index (χ2n) is 9.17. The summed E-state index contributed by atoms with van der Waals surface area (Å²) in [5.41, 5.74) is 2.03. The van der Waals surface area contributed by atoms with Crippen molar-refractivity contribution in [3.63, 3.8) is 0 Å². The number of nitrogens with zero attached hydrogens (tertiary/aromatic N) is 3. The average molecular weight is 512 g/mol. The third kappa shape index (κ3) is 6.20. The molecule has 1 N–H and O–H groups in total. The van der Waals surface area contributed by atoms with Crippen LogP contribution in [0.4, 0.5) is 5.69 Å². The number of pyridine rings is 1. The lowest BCUT2D eigenvalue weighted by Crippen LogP contribution is -2.47. The number of hydrogen-bond donors (Lipinski definition) is 1. The van der Waals surface area contributed by atoms with Gasteiger partial charge in [0, 0.05) is 44.6 Å². The smallest absolute Gasteiger partial charge is 0.242 e. The van der Waals surface area contributed by atoms with Crippen LogP contribution in [0.5, 0.6) is 0 Å². The summed E-state index contributed by atoms with van der Waals surface area (Å²) in [5, 5.41) is 1.30. The first kappa shape index (κ1) is 24.7. The summed E-state index contributed by atoms with van der Waals surface area (Å²) in [5.74, 6) is 0.660. The minimum absolute atomic E-state index is 0.0149. The molecule has 9 heteroatoms. The van der Waals surface area contributed by atoms with Gasteiger partial charge in [0.25, 0.3) is 0 Å². The molecule has 4 rings (SSSR count). The molecule has 33 heavy (non-hydrogen) atoms. The van der Waals surface area contributed by atoms with Crippen LogP contribution in [-0.2, 0) is 10.0 Å². The normalized spacial score (nSPS) is 22.5. The molecule has 1 aromatic carbocycles. The van der Waals surface area contributed by atoms with Gasteiger partial charge in [-0.25, -0.2) is 13.1 Å². The van der Waals surface area contributed by atoms with E-state index in [1.807, 2.05) is 13.0 Å². The molecule has 0 atom stereocenters. The van der Waals surface area contributed by atoms with E-state index in [9.17, 15) is 8.42 Å².